The van der Waals surface area contributed by atoms with E-state index < -0.39 is 5.54 Å². The highest BCUT2D eigenvalue weighted by Gasteiger charge is 2.47. The van der Waals surface area contributed by atoms with Gasteiger partial charge in [-0.15, -0.1) is 0 Å². The number of fused-ring (bicyclic) bond motifs is 2. The Hall–Kier alpha value is -2.62. The van der Waals surface area contributed by atoms with Gasteiger partial charge in [-0.3, -0.25) is 4.79 Å². The van der Waals surface area contributed by atoms with E-state index in [1.807, 2.05) is 42.5 Å². The lowest BCUT2D eigenvalue weighted by molar-refractivity contribution is -0.153. The van der Waals surface area contributed by atoms with E-state index in [1.54, 1.807) is 6.92 Å². The summed E-state index contributed by atoms with van der Waals surface area (Å²) >= 11 is 0. The van der Waals surface area contributed by atoms with Crippen LogP contribution in [0.3, 0.4) is 0 Å². The predicted octanol–water partition coefficient (Wildman–Crippen LogP) is 3.32. The van der Waals surface area contributed by atoms with Crippen LogP contribution >= 0.6 is 0 Å². The average molecular weight is 363 g/mol. The lowest BCUT2D eigenvalue weighted by Gasteiger charge is -2.32. The van der Waals surface area contributed by atoms with Gasteiger partial charge in [0.25, 0.3) is 0 Å². The first kappa shape index (κ1) is 17.8. The number of carbonyl (C=O) groups is 2. The molecule has 0 saturated heterocycles. The van der Waals surface area contributed by atoms with Gasteiger partial charge in [0.2, 0.25) is 5.91 Å². The van der Waals surface area contributed by atoms with Gasteiger partial charge in [-0.05, 0) is 48.4 Å². The first-order chi connectivity index (χ1) is 13.1. The van der Waals surface area contributed by atoms with E-state index in [4.69, 9.17) is 4.74 Å². The normalized spacial score (nSPS) is 19.7. The highest BCUT2D eigenvalue weighted by molar-refractivity contribution is 5.92. The monoisotopic (exact) mass is 363 g/mol. The molecule has 0 aliphatic heterocycles. The fourth-order valence-corrected chi connectivity index (χ4v) is 4.52. The summed E-state index contributed by atoms with van der Waals surface area (Å²) in [4.78, 5) is 26.1. The molecule has 0 aromatic heterocycles. The summed E-state index contributed by atoms with van der Waals surface area (Å²) in [5.74, 6) is -0.605. The van der Waals surface area contributed by atoms with E-state index in [0.29, 0.717) is 19.4 Å². The van der Waals surface area contributed by atoms with Crippen molar-refractivity contribution in [1.82, 2.24) is 5.32 Å². The van der Waals surface area contributed by atoms with E-state index in [2.05, 4.69) is 11.4 Å². The molecule has 2 aliphatic carbocycles. The number of rotatable bonds is 4. The maximum Gasteiger partial charge on any atom is 0.332 e. The summed E-state index contributed by atoms with van der Waals surface area (Å²) in [6, 6.07) is 16.1. The molecule has 0 heterocycles. The molecule has 27 heavy (non-hydrogen) atoms. The number of benzene rings is 2. The van der Waals surface area contributed by atoms with Crippen LogP contribution in [-0.2, 0) is 33.6 Å². The number of carbonyl (C=O) groups excluding carboxylic acids is 2. The Labute approximate surface area is 159 Å². The molecule has 1 amide bonds. The molecule has 2 aliphatic rings. The minimum absolute atomic E-state index is 0.0667. The van der Waals surface area contributed by atoms with E-state index in [-0.39, 0.29) is 17.8 Å². The molecule has 0 saturated carbocycles. The molecule has 140 valence electrons. The van der Waals surface area contributed by atoms with Gasteiger partial charge in [0.15, 0.2) is 0 Å². The molecule has 2 aromatic rings. The smallest absolute Gasteiger partial charge is 0.332 e. The van der Waals surface area contributed by atoms with Gasteiger partial charge in [0.1, 0.15) is 5.54 Å². The molecule has 4 heteroatoms. The third kappa shape index (κ3) is 3.25. The zero-order valence-electron chi connectivity index (χ0n) is 15.7. The van der Waals surface area contributed by atoms with Crippen LogP contribution in [0.2, 0.25) is 0 Å². The molecule has 4 nitrogen and oxygen atoms in total. The number of aryl methyl sites for hydroxylation is 1. The summed E-state index contributed by atoms with van der Waals surface area (Å²) in [6.45, 7) is 2.10. The molecule has 0 spiro atoms. The lowest BCUT2D eigenvalue weighted by atomic mass is 9.81. The fraction of sp³-hybridized carbons (Fsp3) is 0.391. The van der Waals surface area contributed by atoms with Crippen molar-refractivity contribution in [3.63, 3.8) is 0 Å². The van der Waals surface area contributed by atoms with Crippen LogP contribution in [0.5, 0.6) is 0 Å². The number of nitrogens with one attached hydrogen (secondary N) is 1. The van der Waals surface area contributed by atoms with E-state index in [0.717, 1.165) is 36.0 Å². The Morgan fingerprint density at radius 3 is 2.33 bits per heavy atom. The van der Waals surface area contributed by atoms with Crippen LogP contribution in [0.15, 0.2) is 48.5 Å². The van der Waals surface area contributed by atoms with Crippen LogP contribution in [0.25, 0.3) is 0 Å². The second-order valence-electron chi connectivity index (χ2n) is 7.56. The third-order valence-corrected chi connectivity index (χ3v) is 5.82. The topological polar surface area (TPSA) is 55.4 Å². The second-order valence-corrected chi connectivity index (χ2v) is 7.56. The predicted molar refractivity (Wildman–Crippen MR) is 103 cm³/mol. The molecule has 1 N–H and O–H groups in total. The van der Waals surface area contributed by atoms with E-state index in [1.165, 1.54) is 5.56 Å². The van der Waals surface area contributed by atoms with Crippen LogP contribution < -0.4 is 5.32 Å². The van der Waals surface area contributed by atoms with Crippen LogP contribution in [0.1, 0.15) is 47.9 Å². The van der Waals surface area contributed by atoms with Crippen molar-refractivity contribution in [2.75, 3.05) is 6.61 Å². The Balaban J connectivity index is 1.62. The highest BCUT2D eigenvalue weighted by Crippen LogP contribution is 2.35. The van der Waals surface area contributed by atoms with Crippen molar-refractivity contribution in [3.05, 3.63) is 70.8 Å². The quantitative estimate of drug-likeness (QED) is 0.848. The zero-order chi connectivity index (χ0) is 18.9. The maximum absolute atomic E-state index is 13.3. The van der Waals surface area contributed by atoms with Gasteiger partial charge in [-0.1, -0.05) is 48.5 Å². The highest BCUT2D eigenvalue weighted by atomic mass is 16.5. The molecule has 0 bridgehead atoms. The molecule has 1 atom stereocenters. The van der Waals surface area contributed by atoms with Gasteiger partial charge < -0.3 is 10.1 Å². The SMILES string of the molecule is CCOC(=O)C1(NC(=O)[C@@H]2CCCc3ccccc32)Cc2ccccc2C1. The number of esters is 1. The van der Waals surface area contributed by atoms with Crippen molar-refractivity contribution in [3.8, 4) is 0 Å². The number of hydrogen-bond donors (Lipinski definition) is 1. The fourth-order valence-electron chi connectivity index (χ4n) is 4.52. The number of amides is 1. The Morgan fingerprint density at radius 2 is 1.67 bits per heavy atom. The summed E-state index contributed by atoms with van der Waals surface area (Å²) in [5, 5.41) is 3.12. The zero-order valence-corrected chi connectivity index (χ0v) is 15.7. The summed E-state index contributed by atoms with van der Waals surface area (Å²) in [7, 11) is 0. The number of ether oxygens (including phenoxy) is 1. The van der Waals surface area contributed by atoms with Crippen molar-refractivity contribution in [2.45, 2.75) is 50.5 Å². The van der Waals surface area contributed by atoms with Crippen molar-refractivity contribution >= 4 is 11.9 Å². The van der Waals surface area contributed by atoms with Crippen LogP contribution in [0.4, 0.5) is 0 Å². The lowest BCUT2D eigenvalue weighted by Crippen LogP contribution is -2.57. The molecule has 0 unspecified atom stereocenters. The maximum atomic E-state index is 13.3. The van der Waals surface area contributed by atoms with Crippen molar-refractivity contribution in [1.29, 1.82) is 0 Å². The van der Waals surface area contributed by atoms with Crippen molar-refractivity contribution < 1.29 is 14.3 Å². The molecule has 2 aromatic carbocycles. The summed E-state index contributed by atoms with van der Waals surface area (Å²) in [5.41, 5.74) is 3.55. The van der Waals surface area contributed by atoms with Gasteiger partial charge in [0.05, 0.1) is 12.5 Å². The van der Waals surface area contributed by atoms with Gasteiger partial charge >= 0.3 is 5.97 Å². The van der Waals surface area contributed by atoms with Crippen molar-refractivity contribution in [2.24, 2.45) is 0 Å². The summed E-state index contributed by atoms with van der Waals surface area (Å²) < 4.78 is 5.36. The van der Waals surface area contributed by atoms with Gasteiger partial charge in [-0.25, -0.2) is 4.79 Å². The third-order valence-electron chi connectivity index (χ3n) is 5.82. The molecule has 0 fully saturated rings. The molecular formula is C23H25NO3. The first-order valence-electron chi connectivity index (χ1n) is 9.77. The minimum Gasteiger partial charge on any atom is -0.464 e. The Kier molecular flexibility index (Phi) is 4.73. The molecule has 0 radical (unpaired) electrons. The van der Waals surface area contributed by atoms with E-state index in [9.17, 15) is 9.59 Å². The first-order valence-corrected chi connectivity index (χ1v) is 9.77. The van der Waals surface area contributed by atoms with Crippen LogP contribution in [-0.4, -0.2) is 24.0 Å². The number of hydrogen-bond acceptors (Lipinski definition) is 3. The Bertz CT molecular complexity index is 848. The largest absolute Gasteiger partial charge is 0.464 e. The standard InChI is InChI=1S/C23H25NO3/c1-2-27-22(26)23(14-17-9-3-4-10-18(17)15-23)24-21(25)20-13-7-11-16-8-5-6-12-19(16)20/h3-6,8-10,12,20H,2,7,11,13-15H2,1H3,(H,24,25)/t20-/m1/s1. The minimum atomic E-state index is -0.997. The van der Waals surface area contributed by atoms with Gasteiger partial charge in [-0.2, -0.15) is 0 Å². The van der Waals surface area contributed by atoms with Crippen LogP contribution in [0, 0.1) is 0 Å². The Morgan fingerprint density at radius 1 is 1.04 bits per heavy atom. The average Bonchev–Trinajstić information content (AvgIpc) is 3.07. The van der Waals surface area contributed by atoms with Gasteiger partial charge in [0, 0.05) is 12.8 Å². The molecule has 4 rings (SSSR count). The summed E-state index contributed by atoms with van der Waals surface area (Å²) in [6.07, 6.45) is 3.79. The second kappa shape index (κ2) is 7.18. The van der Waals surface area contributed by atoms with E-state index >= 15 is 0 Å². The molecular weight excluding hydrogens is 338 g/mol.